The summed E-state index contributed by atoms with van der Waals surface area (Å²) < 4.78 is 24.4. The van der Waals surface area contributed by atoms with Crippen molar-refractivity contribution in [1.82, 2.24) is 9.80 Å². The van der Waals surface area contributed by atoms with Crippen LogP contribution in [0, 0.1) is 5.92 Å². The van der Waals surface area contributed by atoms with Crippen LogP contribution in [0.25, 0.3) is 0 Å². The standard InChI is InChI=1S/C31H34N2O6/c1-32-15-13-31-22-10-12-25(37-16-6-5-14-33-29(34)20-7-3-4-8-21(20)30(33)35)28(31)39-27-24(38-18-36-2)11-9-19(26(27)31)17-23(22)32/h3-4,7-12,22-23,25,28H,5-6,13-18H2,1-2H3/t22-,23+,25-,28-,31-/m0/s1. The van der Waals surface area contributed by atoms with E-state index < -0.39 is 0 Å². The first-order chi connectivity index (χ1) is 19.0. The molecule has 2 amide bonds. The molecule has 3 heterocycles. The van der Waals surface area contributed by atoms with E-state index in [4.69, 9.17) is 18.9 Å². The second-order valence-corrected chi connectivity index (χ2v) is 11.3. The van der Waals surface area contributed by atoms with E-state index in [1.54, 1.807) is 31.4 Å². The van der Waals surface area contributed by atoms with Crippen molar-refractivity contribution < 1.29 is 28.5 Å². The van der Waals surface area contributed by atoms with Crippen molar-refractivity contribution in [2.75, 3.05) is 40.6 Å². The molecule has 1 spiro atoms. The van der Waals surface area contributed by atoms with Gasteiger partial charge in [0.15, 0.2) is 18.3 Å². The molecule has 0 aromatic heterocycles. The van der Waals surface area contributed by atoms with Gasteiger partial charge in [0.1, 0.15) is 12.2 Å². The maximum atomic E-state index is 12.7. The van der Waals surface area contributed by atoms with Gasteiger partial charge in [0.2, 0.25) is 0 Å². The molecule has 0 radical (unpaired) electrons. The Morgan fingerprint density at radius 2 is 1.85 bits per heavy atom. The molecule has 0 saturated carbocycles. The van der Waals surface area contributed by atoms with Crippen LogP contribution in [0.3, 0.4) is 0 Å². The number of rotatable bonds is 9. The van der Waals surface area contributed by atoms with Gasteiger partial charge in [0, 0.05) is 43.2 Å². The maximum absolute atomic E-state index is 12.7. The molecule has 5 aliphatic rings. The Hall–Kier alpha value is -3.20. The van der Waals surface area contributed by atoms with Gasteiger partial charge in [-0.1, -0.05) is 30.4 Å². The minimum absolute atomic E-state index is 0.124. The van der Waals surface area contributed by atoms with Crippen LogP contribution in [0.1, 0.15) is 51.1 Å². The summed E-state index contributed by atoms with van der Waals surface area (Å²) in [5, 5.41) is 0. The number of carbonyl (C=O) groups is 2. The highest BCUT2D eigenvalue weighted by Crippen LogP contribution is 2.62. The molecule has 1 saturated heterocycles. The normalized spacial score (nSPS) is 29.8. The average Bonchev–Trinajstić information content (AvgIpc) is 3.42. The Bertz CT molecular complexity index is 1320. The van der Waals surface area contributed by atoms with E-state index in [-0.39, 0.29) is 36.2 Å². The van der Waals surface area contributed by atoms with Gasteiger partial charge in [-0.15, -0.1) is 0 Å². The lowest BCUT2D eigenvalue weighted by molar-refractivity contribution is -0.0715. The number of likely N-dealkylation sites (tertiary alicyclic amines) is 1. The third-order valence-electron chi connectivity index (χ3n) is 9.41. The Morgan fingerprint density at radius 3 is 2.62 bits per heavy atom. The van der Waals surface area contributed by atoms with Crippen LogP contribution < -0.4 is 9.47 Å². The maximum Gasteiger partial charge on any atom is 0.261 e. The highest BCUT2D eigenvalue weighted by Gasteiger charge is 2.64. The number of benzene rings is 2. The molecule has 8 heteroatoms. The van der Waals surface area contributed by atoms with E-state index in [0.717, 1.165) is 37.3 Å². The van der Waals surface area contributed by atoms with E-state index in [1.807, 2.05) is 6.07 Å². The van der Waals surface area contributed by atoms with E-state index in [0.29, 0.717) is 42.7 Å². The summed E-state index contributed by atoms with van der Waals surface area (Å²) in [6, 6.07) is 11.7. The monoisotopic (exact) mass is 530 g/mol. The zero-order valence-corrected chi connectivity index (χ0v) is 22.4. The van der Waals surface area contributed by atoms with Crippen molar-refractivity contribution in [3.63, 3.8) is 0 Å². The first-order valence-corrected chi connectivity index (χ1v) is 13.9. The number of nitrogens with zero attached hydrogens (tertiary/aromatic N) is 2. The Balaban J connectivity index is 1.06. The van der Waals surface area contributed by atoms with Gasteiger partial charge in [-0.25, -0.2) is 0 Å². The molecule has 2 aliphatic carbocycles. The lowest BCUT2D eigenvalue weighted by Gasteiger charge is -2.56. The number of imide groups is 1. The molecular formula is C31H34N2O6. The summed E-state index contributed by atoms with van der Waals surface area (Å²) in [7, 11) is 3.85. The molecule has 1 fully saturated rings. The van der Waals surface area contributed by atoms with Crippen LogP contribution in [0.4, 0.5) is 0 Å². The fourth-order valence-corrected chi connectivity index (χ4v) is 7.62. The quantitative estimate of drug-likeness (QED) is 0.212. The first kappa shape index (κ1) is 24.8. The van der Waals surface area contributed by atoms with Gasteiger partial charge in [-0.2, -0.15) is 0 Å². The topological polar surface area (TPSA) is 77.5 Å². The van der Waals surface area contributed by atoms with Crippen molar-refractivity contribution >= 4 is 11.8 Å². The van der Waals surface area contributed by atoms with Crippen molar-refractivity contribution in [2.24, 2.45) is 5.92 Å². The van der Waals surface area contributed by atoms with Gasteiger partial charge in [0.25, 0.3) is 11.8 Å². The molecule has 3 aliphatic heterocycles. The molecule has 0 unspecified atom stereocenters. The summed E-state index contributed by atoms with van der Waals surface area (Å²) in [5.41, 5.74) is 3.51. The fraction of sp³-hybridized carbons (Fsp3) is 0.484. The highest BCUT2D eigenvalue weighted by molar-refractivity contribution is 6.21. The van der Waals surface area contributed by atoms with Gasteiger partial charge < -0.3 is 23.8 Å². The Labute approximate surface area is 228 Å². The number of ether oxygens (including phenoxy) is 4. The van der Waals surface area contributed by atoms with Crippen LogP contribution in [0.2, 0.25) is 0 Å². The number of hydrogen-bond donors (Lipinski definition) is 0. The van der Waals surface area contributed by atoms with Crippen LogP contribution in [0.5, 0.6) is 11.5 Å². The summed E-state index contributed by atoms with van der Waals surface area (Å²) in [6.45, 7) is 2.11. The second-order valence-electron chi connectivity index (χ2n) is 11.3. The lowest BCUT2D eigenvalue weighted by atomic mass is 9.53. The molecule has 7 rings (SSSR count). The van der Waals surface area contributed by atoms with Crippen molar-refractivity contribution in [3.05, 3.63) is 70.8 Å². The van der Waals surface area contributed by atoms with Crippen molar-refractivity contribution in [2.45, 2.75) is 49.3 Å². The van der Waals surface area contributed by atoms with E-state index in [2.05, 4.69) is 30.2 Å². The lowest BCUT2D eigenvalue weighted by Crippen LogP contribution is -2.65. The zero-order chi connectivity index (χ0) is 26.7. The second kappa shape index (κ2) is 9.47. The SMILES string of the molecule is COCOc1ccc2c3c1O[C@H]1[C@@H](OCCCCN4C(=O)c5ccccc5C4=O)C=C[C@H]4[C@@H](C2)N(C)CC[C@@]341. The van der Waals surface area contributed by atoms with Crippen LogP contribution in [-0.2, 0) is 21.3 Å². The summed E-state index contributed by atoms with van der Waals surface area (Å²) >= 11 is 0. The number of amides is 2. The predicted molar refractivity (Wildman–Crippen MR) is 143 cm³/mol. The molecule has 39 heavy (non-hydrogen) atoms. The number of fused-ring (bicyclic) bond motifs is 1. The summed E-state index contributed by atoms with van der Waals surface area (Å²) in [5.74, 6) is 1.54. The molecule has 2 aromatic rings. The predicted octanol–water partition coefficient (Wildman–Crippen LogP) is 3.58. The largest absolute Gasteiger partial charge is 0.482 e. The fourth-order valence-electron chi connectivity index (χ4n) is 7.62. The first-order valence-electron chi connectivity index (χ1n) is 13.9. The Kier molecular flexibility index (Phi) is 6.02. The number of methoxy groups -OCH3 is 1. The summed E-state index contributed by atoms with van der Waals surface area (Å²) in [6.07, 6.45) is 7.69. The molecular weight excluding hydrogens is 496 g/mol. The Morgan fingerprint density at radius 1 is 1.05 bits per heavy atom. The van der Waals surface area contributed by atoms with Gasteiger partial charge in [-0.05, 0) is 63.0 Å². The van der Waals surface area contributed by atoms with Crippen LogP contribution in [0.15, 0.2) is 48.6 Å². The zero-order valence-electron chi connectivity index (χ0n) is 22.4. The van der Waals surface area contributed by atoms with Gasteiger partial charge in [-0.3, -0.25) is 14.5 Å². The minimum Gasteiger partial charge on any atom is -0.482 e. The van der Waals surface area contributed by atoms with E-state index >= 15 is 0 Å². The van der Waals surface area contributed by atoms with Crippen molar-refractivity contribution in [3.8, 4) is 11.5 Å². The highest BCUT2D eigenvalue weighted by atomic mass is 16.7. The third-order valence-corrected chi connectivity index (χ3v) is 9.41. The van der Waals surface area contributed by atoms with E-state index in [9.17, 15) is 9.59 Å². The average molecular weight is 531 g/mol. The van der Waals surface area contributed by atoms with Crippen molar-refractivity contribution in [1.29, 1.82) is 0 Å². The number of piperidine rings is 1. The number of unbranched alkanes of at least 4 members (excludes halogenated alkanes) is 1. The van der Waals surface area contributed by atoms with E-state index in [1.165, 1.54) is 16.0 Å². The molecule has 8 nitrogen and oxygen atoms in total. The van der Waals surface area contributed by atoms with Gasteiger partial charge >= 0.3 is 0 Å². The molecule has 204 valence electrons. The van der Waals surface area contributed by atoms with Gasteiger partial charge in [0.05, 0.1) is 11.1 Å². The molecule has 2 aromatic carbocycles. The van der Waals surface area contributed by atoms with Crippen LogP contribution in [-0.4, -0.2) is 80.5 Å². The molecule has 2 bridgehead atoms. The third kappa shape index (κ3) is 3.61. The molecule has 5 atom stereocenters. The number of likely N-dealkylation sites (N-methyl/N-ethyl adjacent to an activating group) is 1. The summed E-state index contributed by atoms with van der Waals surface area (Å²) in [4.78, 5) is 29.2. The number of carbonyl (C=O) groups excluding carboxylic acids is 2. The minimum atomic E-state index is -0.203. The number of hydrogen-bond acceptors (Lipinski definition) is 7. The van der Waals surface area contributed by atoms with Crippen LogP contribution >= 0.6 is 0 Å². The smallest absolute Gasteiger partial charge is 0.261 e. The molecule has 0 N–H and O–H groups in total.